The molecular weight excluding hydrogens is 302 g/mol. The van der Waals surface area contributed by atoms with E-state index in [0.29, 0.717) is 12.8 Å². The summed E-state index contributed by atoms with van der Waals surface area (Å²) in [5.74, 6) is -4.82. The van der Waals surface area contributed by atoms with Crippen molar-refractivity contribution in [2.24, 2.45) is 5.73 Å². The lowest BCUT2D eigenvalue weighted by molar-refractivity contribution is -0.120. The molecule has 0 radical (unpaired) electrons. The van der Waals surface area contributed by atoms with Crippen LogP contribution in [0.15, 0.2) is 0 Å². The monoisotopic (exact) mass is 320 g/mol. The minimum Gasteiger partial charge on any atom is -0.349 e. The number of carbonyl (C=O) groups is 1. The van der Waals surface area contributed by atoms with Gasteiger partial charge in [-0.15, -0.1) is 12.4 Å². The van der Waals surface area contributed by atoms with Gasteiger partial charge in [-0.1, -0.05) is 12.8 Å². The van der Waals surface area contributed by atoms with Crippen molar-refractivity contribution in [1.29, 1.82) is 0 Å². The zero-order valence-corrected chi connectivity index (χ0v) is 12.0. The number of nitrogens with two attached hydrogens (primary N) is 1. The third-order valence-electron chi connectivity index (χ3n) is 2.99. The summed E-state index contributed by atoms with van der Waals surface area (Å²) in [4.78, 5) is 11.3. The van der Waals surface area contributed by atoms with Crippen LogP contribution in [0, 0.1) is 0 Å². The van der Waals surface area contributed by atoms with E-state index in [1.165, 1.54) is 0 Å². The Bertz CT molecular complexity index is 398. The Hall–Kier alpha value is -0.470. The first kappa shape index (κ1) is 18.5. The van der Waals surface area contributed by atoms with E-state index in [4.69, 9.17) is 5.73 Å². The Morgan fingerprint density at radius 3 is 2.32 bits per heavy atom. The molecule has 5 nitrogen and oxygen atoms in total. The van der Waals surface area contributed by atoms with Crippen molar-refractivity contribution in [2.75, 3.05) is 18.8 Å². The molecule has 3 N–H and O–H groups in total. The number of halogens is 3. The summed E-state index contributed by atoms with van der Waals surface area (Å²) >= 11 is 0. The highest BCUT2D eigenvalue weighted by molar-refractivity contribution is 7.92. The molecule has 0 aliphatic heterocycles. The van der Waals surface area contributed by atoms with Gasteiger partial charge in [0.05, 0.1) is 18.3 Å². The third kappa shape index (κ3) is 6.01. The van der Waals surface area contributed by atoms with Crippen LogP contribution < -0.4 is 11.1 Å². The van der Waals surface area contributed by atoms with E-state index in [1.54, 1.807) is 0 Å². The van der Waals surface area contributed by atoms with Crippen molar-refractivity contribution in [2.45, 2.75) is 36.9 Å². The molecule has 1 saturated carbocycles. The number of alkyl halides is 2. The molecule has 1 fully saturated rings. The molecule has 1 amide bonds. The van der Waals surface area contributed by atoms with E-state index in [1.807, 2.05) is 5.32 Å². The summed E-state index contributed by atoms with van der Waals surface area (Å²) in [6.07, 6.45) is 2.76. The highest BCUT2D eigenvalue weighted by Crippen LogP contribution is 2.25. The lowest BCUT2D eigenvalue weighted by Gasteiger charge is -2.15. The maximum atomic E-state index is 12.8. The molecule has 0 spiro atoms. The van der Waals surface area contributed by atoms with Gasteiger partial charge < -0.3 is 11.1 Å². The topological polar surface area (TPSA) is 89.3 Å². The van der Waals surface area contributed by atoms with E-state index >= 15 is 0 Å². The lowest BCUT2D eigenvalue weighted by atomic mass is 10.3. The van der Waals surface area contributed by atoms with Gasteiger partial charge in [0, 0.05) is 0 Å². The Labute approximate surface area is 117 Å². The van der Waals surface area contributed by atoms with Gasteiger partial charge >= 0.3 is 0 Å². The van der Waals surface area contributed by atoms with Gasteiger partial charge in [-0.2, -0.15) is 0 Å². The summed E-state index contributed by atoms with van der Waals surface area (Å²) in [6.45, 7) is -1.81. The van der Waals surface area contributed by atoms with Crippen LogP contribution in [0.25, 0.3) is 0 Å². The van der Waals surface area contributed by atoms with E-state index in [9.17, 15) is 22.0 Å². The molecule has 0 aromatic carbocycles. The Balaban J connectivity index is 0.00000324. The molecule has 1 aliphatic rings. The lowest BCUT2D eigenvalue weighted by Crippen LogP contribution is -2.44. The highest BCUT2D eigenvalue weighted by Gasteiger charge is 2.32. The maximum Gasteiger partial charge on any atom is 0.277 e. The van der Waals surface area contributed by atoms with Gasteiger partial charge in [-0.25, -0.2) is 17.2 Å². The van der Waals surface area contributed by atoms with Crippen molar-refractivity contribution in [3.05, 3.63) is 0 Å². The largest absolute Gasteiger partial charge is 0.349 e. The average molecular weight is 321 g/mol. The quantitative estimate of drug-likeness (QED) is 0.745. The fourth-order valence-corrected chi connectivity index (χ4v) is 3.65. The summed E-state index contributed by atoms with van der Waals surface area (Å²) in [6, 6.07) is 0. The minimum atomic E-state index is -3.52. The van der Waals surface area contributed by atoms with E-state index in [2.05, 4.69) is 0 Å². The van der Waals surface area contributed by atoms with Crippen LogP contribution in [0.5, 0.6) is 0 Å². The highest BCUT2D eigenvalue weighted by atomic mass is 35.5. The molecule has 0 aromatic rings. The summed E-state index contributed by atoms with van der Waals surface area (Å²) < 4.78 is 49.0. The van der Waals surface area contributed by atoms with Crippen LogP contribution in [0.4, 0.5) is 8.78 Å². The molecule has 0 bridgehead atoms. The maximum absolute atomic E-state index is 12.8. The molecule has 0 heterocycles. The van der Waals surface area contributed by atoms with Crippen molar-refractivity contribution in [1.82, 2.24) is 5.32 Å². The molecule has 114 valence electrons. The zero-order chi connectivity index (χ0) is 13.8. The first-order chi connectivity index (χ1) is 8.27. The molecule has 9 heteroatoms. The van der Waals surface area contributed by atoms with Gasteiger partial charge in [-0.3, -0.25) is 4.79 Å². The second-order valence-corrected chi connectivity index (χ2v) is 6.83. The molecule has 0 aromatic heterocycles. The molecule has 0 unspecified atom stereocenters. The minimum absolute atomic E-state index is 0. The standard InChI is InChI=1S/C10H18F2N2O3S.ClH/c11-10(12,6-13)7-14-9(15)5-18(16,17)8-3-1-2-4-8;/h8H,1-7,13H2,(H,14,15);1H. The van der Waals surface area contributed by atoms with Crippen LogP contribution in [0.3, 0.4) is 0 Å². The molecular formula is C10H19ClF2N2O3S. The van der Waals surface area contributed by atoms with Crippen molar-refractivity contribution < 1.29 is 22.0 Å². The van der Waals surface area contributed by atoms with Gasteiger partial charge in [0.25, 0.3) is 5.92 Å². The van der Waals surface area contributed by atoms with Gasteiger partial charge in [0.2, 0.25) is 5.91 Å². The van der Waals surface area contributed by atoms with E-state index in [-0.39, 0.29) is 12.4 Å². The van der Waals surface area contributed by atoms with E-state index < -0.39 is 45.8 Å². The summed E-state index contributed by atoms with van der Waals surface area (Å²) in [5.41, 5.74) is 4.80. The first-order valence-electron chi connectivity index (χ1n) is 5.83. The second-order valence-electron chi connectivity index (χ2n) is 4.55. The number of sulfone groups is 1. The van der Waals surface area contributed by atoms with Gasteiger partial charge in [0.1, 0.15) is 5.75 Å². The fourth-order valence-electron chi connectivity index (χ4n) is 1.90. The number of hydrogen-bond donors (Lipinski definition) is 2. The van der Waals surface area contributed by atoms with Gasteiger partial charge in [-0.05, 0) is 12.8 Å². The Morgan fingerprint density at radius 1 is 1.32 bits per heavy atom. The second kappa shape index (κ2) is 7.35. The van der Waals surface area contributed by atoms with Crippen LogP contribution >= 0.6 is 12.4 Å². The molecule has 0 saturated heterocycles. The van der Waals surface area contributed by atoms with Crippen LogP contribution in [-0.2, 0) is 14.6 Å². The van der Waals surface area contributed by atoms with Crippen LogP contribution in [-0.4, -0.2) is 44.3 Å². The van der Waals surface area contributed by atoms with Crippen molar-refractivity contribution in [3.8, 4) is 0 Å². The fraction of sp³-hybridized carbons (Fsp3) is 0.900. The Morgan fingerprint density at radius 2 is 1.84 bits per heavy atom. The molecule has 1 aliphatic carbocycles. The number of rotatable bonds is 6. The number of amides is 1. The van der Waals surface area contributed by atoms with Crippen molar-refractivity contribution >= 4 is 28.2 Å². The van der Waals surface area contributed by atoms with Gasteiger partial charge in [0.15, 0.2) is 9.84 Å². The van der Waals surface area contributed by atoms with Crippen LogP contribution in [0.1, 0.15) is 25.7 Å². The predicted molar refractivity (Wildman–Crippen MR) is 70.3 cm³/mol. The molecule has 0 atom stereocenters. The molecule has 19 heavy (non-hydrogen) atoms. The van der Waals surface area contributed by atoms with Crippen LogP contribution in [0.2, 0.25) is 0 Å². The number of nitrogens with one attached hydrogen (secondary N) is 1. The van der Waals surface area contributed by atoms with E-state index in [0.717, 1.165) is 12.8 Å². The summed E-state index contributed by atoms with van der Waals surface area (Å²) in [7, 11) is -3.52. The zero-order valence-electron chi connectivity index (χ0n) is 10.4. The third-order valence-corrected chi connectivity index (χ3v) is 5.14. The smallest absolute Gasteiger partial charge is 0.277 e. The molecule has 1 rings (SSSR count). The number of hydrogen-bond acceptors (Lipinski definition) is 4. The van der Waals surface area contributed by atoms with Crippen molar-refractivity contribution in [3.63, 3.8) is 0 Å². The normalized spacial score (nSPS) is 17.0. The Kier molecular flexibility index (Phi) is 7.17. The predicted octanol–water partition coefficient (Wildman–Crippen LogP) is 0.476. The summed E-state index contributed by atoms with van der Waals surface area (Å²) in [5, 5.41) is 1.40. The average Bonchev–Trinajstić information content (AvgIpc) is 2.80. The SMILES string of the molecule is Cl.NCC(F)(F)CNC(=O)CS(=O)(=O)C1CCCC1. The number of carbonyl (C=O) groups excluding carboxylic acids is 1. The first-order valence-corrected chi connectivity index (χ1v) is 7.54.